The van der Waals surface area contributed by atoms with Crippen LogP contribution in [0.5, 0.6) is 0 Å². The highest BCUT2D eigenvalue weighted by atomic mass is 16.1. The first-order valence-corrected chi connectivity index (χ1v) is 9.62. The Hall–Kier alpha value is -3.33. The molecular weight excluding hydrogens is 344 g/mol. The number of carbonyl (C=O) groups is 1. The monoisotopic (exact) mass is 368 g/mol. The van der Waals surface area contributed by atoms with Gasteiger partial charge in [0.2, 0.25) is 5.91 Å². The Labute approximate surface area is 165 Å². The topological polar surface area (TPSA) is 34.0 Å². The summed E-state index contributed by atoms with van der Waals surface area (Å²) in [5.74, 6) is 0.0775. The maximum Gasteiger partial charge on any atom is 0.221 e. The Morgan fingerprint density at radius 2 is 1.54 bits per heavy atom. The lowest BCUT2D eigenvalue weighted by atomic mass is 9.88. The minimum Gasteiger partial charge on any atom is -0.352 e. The van der Waals surface area contributed by atoms with Crippen LogP contribution < -0.4 is 5.32 Å². The van der Waals surface area contributed by atoms with Crippen molar-refractivity contribution in [1.29, 1.82) is 0 Å². The molecule has 1 unspecified atom stereocenters. The van der Waals surface area contributed by atoms with Crippen molar-refractivity contribution in [2.45, 2.75) is 18.9 Å². The van der Waals surface area contributed by atoms with Gasteiger partial charge in [0.05, 0.1) is 0 Å². The lowest BCUT2D eigenvalue weighted by molar-refractivity contribution is -0.121. The van der Waals surface area contributed by atoms with Crippen LogP contribution in [-0.2, 0) is 18.4 Å². The molecule has 0 spiro atoms. The Kier molecular flexibility index (Phi) is 5.24. The van der Waals surface area contributed by atoms with E-state index in [4.69, 9.17) is 0 Å². The zero-order valence-electron chi connectivity index (χ0n) is 16.0. The van der Waals surface area contributed by atoms with Crippen molar-refractivity contribution in [1.82, 2.24) is 9.88 Å². The molecule has 0 radical (unpaired) electrons. The van der Waals surface area contributed by atoms with Crippen LogP contribution >= 0.6 is 0 Å². The summed E-state index contributed by atoms with van der Waals surface area (Å²) in [5.41, 5.74) is 4.65. The van der Waals surface area contributed by atoms with E-state index >= 15 is 0 Å². The maximum atomic E-state index is 12.8. The number of nitrogens with zero attached hydrogens (tertiary/aromatic N) is 1. The number of aryl methyl sites for hydroxylation is 1. The second kappa shape index (κ2) is 8.13. The SMILES string of the molecule is Cn1cc(C(CC(=O)NCc2ccccc2)c2ccccc2)c2ccccc21. The normalized spacial score (nSPS) is 12.0. The number of fused-ring (bicyclic) bond motifs is 1. The van der Waals surface area contributed by atoms with E-state index < -0.39 is 0 Å². The van der Waals surface area contributed by atoms with E-state index in [0.29, 0.717) is 13.0 Å². The van der Waals surface area contributed by atoms with Gasteiger partial charge in [-0.15, -0.1) is 0 Å². The standard InChI is InChI=1S/C25H24N2O/c1-27-18-23(21-14-8-9-15-24(21)27)22(20-12-6-3-7-13-20)16-25(28)26-17-19-10-4-2-5-11-19/h2-15,18,22H,16-17H2,1H3,(H,26,28). The van der Waals surface area contributed by atoms with Crippen LogP contribution in [0.1, 0.15) is 29.0 Å². The molecule has 0 saturated heterocycles. The summed E-state index contributed by atoms with van der Waals surface area (Å²) in [6.07, 6.45) is 2.58. The number of amides is 1. The fraction of sp³-hybridized carbons (Fsp3) is 0.160. The third-order valence-electron chi connectivity index (χ3n) is 5.23. The Bertz CT molecular complexity index is 1070. The van der Waals surface area contributed by atoms with Crippen LogP contribution in [0.2, 0.25) is 0 Å². The first-order valence-electron chi connectivity index (χ1n) is 9.62. The number of para-hydroxylation sites is 1. The average molecular weight is 368 g/mol. The highest BCUT2D eigenvalue weighted by molar-refractivity contribution is 5.86. The van der Waals surface area contributed by atoms with E-state index in [1.54, 1.807) is 0 Å². The lowest BCUT2D eigenvalue weighted by Gasteiger charge is -2.17. The second-order valence-corrected chi connectivity index (χ2v) is 7.14. The van der Waals surface area contributed by atoms with E-state index in [9.17, 15) is 4.79 Å². The summed E-state index contributed by atoms with van der Waals surface area (Å²) >= 11 is 0. The summed E-state index contributed by atoms with van der Waals surface area (Å²) in [6, 6.07) is 28.7. The third-order valence-corrected chi connectivity index (χ3v) is 5.23. The van der Waals surface area contributed by atoms with Crippen LogP contribution in [0.3, 0.4) is 0 Å². The average Bonchev–Trinajstić information content (AvgIpc) is 3.08. The molecule has 3 nitrogen and oxygen atoms in total. The summed E-state index contributed by atoms with van der Waals surface area (Å²) in [7, 11) is 2.06. The van der Waals surface area contributed by atoms with Gasteiger partial charge in [-0.25, -0.2) is 0 Å². The molecule has 3 aromatic carbocycles. The number of hydrogen-bond acceptors (Lipinski definition) is 1. The van der Waals surface area contributed by atoms with E-state index in [-0.39, 0.29) is 11.8 Å². The van der Waals surface area contributed by atoms with Crippen molar-refractivity contribution < 1.29 is 4.79 Å². The molecule has 0 bridgehead atoms. The quantitative estimate of drug-likeness (QED) is 0.510. The molecule has 1 N–H and O–H groups in total. The van der Waals surface area contributed by atoms with Gasteiger partial charge >= 0.3 is 0 Å². The van der Waals surface area contributed by atoms with Gasteiger partial charge < -0.3 is 9.88 Å². The van der Waals surface area contributed by atoms with E-state index in [1.165, 1.54) is 16.5 Å². The van der Waals surface area contributed by atoms with Crippen molar-refractivity contribution in [3.05, 3.63) is 108 Å². The minimum absolute atomic E-state index is 0.0167. The van der Waals surface area contributed by atoms with Crippen LogP contribution in [0.25, 0.3) is 10.9 Å². The zero-order chi connectivity index (χ0) is 19.3. The largest absolute Gasteiger partial charge is 0.352 e. The number of benzene rings is 3. The van der Waals surface area contributed by atoms with E-state index in [2.05, 4.69) is 59.5 Å². The maximum absolute atomic E-state index is 12.8. The van der Waals surface area contributed by atoms with Crippen molar-refractivity contribution in [3.63, 3.8) is 0 Å². The highest BCUT2D eigenvalue weighted by Crippen LogP contribution is 2.34. The molecule has 1 amide bonds. The van der Waals surface area contributed by atoms with Gasteiger partial charge in [0.25, 0.3) is 0 Å². The number of carbonyl (C=O) groups excluding carboxylic acids is 1. The second-order valence-electron chi connectivity index (χ2n) is 7.14. The molecule has 0 aliphatic rings. The van der Waals surface area contributed by atoms with Crippen LogP contribution in [0, 0.1) is 0 Å². The molecule has 3 heteroatoms. The number of rotatable bonds is 6. The first-order chi connectivity index (χ1) is 13.7. The van der Waals surface area contributed by atoms with Gasteiger partial charge in [0.15, 0.2) is 0 Å². The van der Waals surface area contributed by atoms with Gasteiger partial charge in [0.1, 0.15) is 0 Å². The van der Waals surface area contributed by atoms with E-state index in [0.717, 1.165) is 11.1 Å². The minimum atomic E-state index is 0.0167. The smallest absolute Gasteiger partial charge is 0.221 e. The summed E-state index contributed by atoms with van der Waals surface area (Å²) < 4.78 is 2.14. The van der Waals surface area contributed by atoms with Crippen LogP contribution in [0.15, 0.2) is 91.1 Å². The molecule has 0 aliphatic heterocycles. The fourth-order valence-electron chi connectivity index (χ4n) is 3.80. The summed E-state index contributed by atoms with van der Waals surface area (Å²) in [4.78, 5) is 12.8. The van der Waals surface area contributed by atoms with Gasteiger partial charge in [-0.1, -0.05) is 78.9 Å². The highest BCUT2D eigenvalue weighted by Gasteiger charge is 2.22. The lowest BCUT2D eigenvalue weighted by Crippen LogP contribution is -2.25. The van der Waals surface area contributed by atoms with Crippen molar-refractivity contribution >= 4 is 16.8 Å². The van der Waals surface area contributed by atoms with Gasteiger partial charge in [-0.2, -0.15) is 0 Å². The summed E-state index contributed by atoms with van der Waals surface area (Å²) in [6.45, 7) is 0.552. The number of aromatic nitrogens is 1. The Balaban J connectivity index is 1.62. The molecule has 1 atom stereocenters. The molecule has 1 heterocycles. The van der Waals surface area contributed by atoms with E-state index in [1.807, 2.05) is 48.5 Å². The van der Waals surface area contributed by atoms with Gasteiger partial charge in [-0.3, -0.25) is 4.79 Å². The van der Waals surface area contributed by atoms with Crippen molar-refractivity contribution in [3.8, 4) is 0 Å². The van der Waals surface area contributed by atoms with Gasteiger partial charge in [0, 0.05) is 43.0 Å². The molecular formula is C25H24N2O. The molecule has 4 rings (SSSR count). The van der Waals surface area contributed by atoms with Crippen LogP contribution in [-0.4, -0.2) is 10.5 Å². The predicted molar refractivity (Wildman–Crippen MR) is 114 cm³/mol. The molecule has 28 heavy (non-hydrogen) atoms. The molecule has 4 aromatic rings. The molecule has 0 fully saturated rings. The third kappa shape index (κ3) is 3.84. The van der Waals surface area contributed by atoms with Crippen molar-refractivity contribution in [2.24, 2.45) is 7.05 Å². The fourth-order valence-corrected chi connectivity index (χ4v) is 3.80. The number of nitrogens with one attached hydrogen (secondary N) is 1. The Morgan fingerprint density at radius 3 is 2.29 bits per heavy atom. The first kappa shape index (κ1) is 18.1. The van der Waals surface area contributed by atoms with Crippen LogP contribution in [0.4, 0.5) is 0 Å². The molecule has 0 saturated carbocycles. The molecule has 1 aromatic heterocycles. The zero-order valence-corrected chi connectivity index (χ0v) is 16.0. The van der Waals surface area contributed by atoms with Crippen molar-refractivity contribution in [2.75, 3.05) is 0 Å². The van der Waals surface area contributed by atoms with Gasteiger partial charge in [-0.05, 0) is 22.8 Å². The number of hydrogen-bond donors (Lipinski definition) is 1. The predicted octanol–water partition coefficient (Wildman–Crippen LogP) is 5.02. The molecule has 140 valence electrons. The summed E-state index contributed by atoms with van der Waals surface area (Å²) in [5, 5.41) is 4.28. The Morgan fingerprint density at radius 1 is 0.893 bits per heavy atom. The molecule has 0 aliphatic carbocycles.